The number of hydrogen-bond acceptors (Lipinski definition) is 3. The molecule has 0 saturated heterocycles. The molecule has 1 aliphatic carbocycles. The lowest BCUT2D eigenvalue weighted by molar-refractivity contribution is 0.184. The number of benzene rings is 1. The van der Waals surface area contributed by atoms with E-state index in [0.717, 1.165) is 23.4 Å². The summed E-state index contributed by atoms with van der Waals surface area (Å²) in [5.74, 6) is 0.872. The molecular formula is C15H21NO2. The summed E-state index contributed by atoms with van der Waals surface area (Å²) in [7, 11) is 1.69. The molecule has 3 heteroatoms. The quantitative estimate of drug-likeness (QED) is 0.716. The van der Waals surface area contributed by atoms with Crippen LogP contribution in [-0.4, -0.2) is 26.3 Å². The molecule has 98 valence electrons. The van der Waals surface area contributed by atoms with Gasteiger partial charge in [-0.2, -0.15) is 0 Å². The molecule has 2 rings (SSSR count). The van der Waals surface area contributed by atoms with E-state index in [1.165, 1.54) is 12.8 Å². The van der Waals surface area contributed by atoms with Gasteiger partial charge in [-0.1, -0.05) is 18.7 Å². The van der Waals surface area contributed by atoms with Crippen molar-refractivity contribution in [3.8, 4) is 5.75 Å². The predicted molar refractivity (Wildman–Crippen MR) is 72.8 cm³/mol. The molecule has 0 spiro atoms. The Morgan fingerprint density at radius 2 is 2.28 bits per heavy atom. The molecule has 1 aliphatic rings. The third kappa shape index (κ3) is 4.51. The minimum absolute atomic E-state index is 0.566. The van der Waals surface area contributed by atoms with Crippen LogP contribution >= 0.6 is 0 Å². The molecule has 18 heavy (non-hydrogen) atoms. The van der Waals surface area contributed by atoms with Crippen LogP contribution in [0.15, 0.2) is 36.4 Å². The Morgan fingerprint density at radius 3 is 3.00 bits per heavy atom. The molecule has 0 bridgehead atoms. The number of nitrogens with one attached hydrogen (secondary N) is 1. The van der Waals surface area contributed by atoms with Gasteiger partial charge in [0.2, 0.25) is 0 Å². The smallest absolute Gasteiger partial charge is 0.120 e. The Hall–Kier alpha value is -1.32. The largest absolute Gasteiger partial charge is 0.489 e. The highest BCUT2D eigenvalue weighted by Gasteiger charge is 2.19. The lowest BCUT2D eigenvalue weighted by Crippen LogP contribution is -2.21. The highest BCUT2D eigenvalue weighted by Crippen LogP contribution is 2.19. The van der Waals surface area contributed by atoms with Gasteiger partial charge in [0, 0.05) is 19.7 Å². The van der Waals surface area contributed by atoms with Gasteiger partial charge in [0.15, 0.2) is 0 Å². The van der Waals surface area contributed by atoms with Crippen molar-refractivity contribution in [2.45, 2.75) is 25.5 Å². The maximum absolute atomic E-state index is 5.71. The summed E-state index contributed by atoms with van der Waals surface area (Å²) < 4.78 is 10.8. The zero-order valence-electron chi connectivity index (χ0n) is 10.9. The number of rotatable bonds is 8. The van der Waals surface area contributed by atoms with E-state index < -0.39 is 0 Å². The highest BCUT2D eigenvalue weighted by atomic mass is 16.5. The second-order valence-corrected chi connectivity index (χ2v) is 4.77. The van der Waals surface area contributed by atoms with Crippen molar-refractivity contribution in [3.05, 3.63) is 42.0 Å². The molecule has 1 aromatic rings. The minimum Gasteiger partial charge on any atom is -0.489 e. The third-order valence-electron chi connectivity index (χ3n) is 2.87. The number of methoxy groups -OCH3 is 1. The molecule has 0 aliphatic heterocycles. The summed E-state index contributed by atoms with van der Waals surface area (Å²) in [6, 6.07) is 8.69. The summed E-state index contributed by atoms with van der Waals surface area (Å²) in [4.78, 5) is 0. The molecule has 1 aromatic carbocycles. The van der Waals surface area contributed by atoms with E-state index >= 15 is 0 Å². The topological polar surface area (TPSA) is 30.5 Å². The van der Waals surface area contributed by atoms with Gasteiger partial charge in [0.25, 0.3) is 0 Å². The second-order valence-electron chi connectivity index (χ2n) is 4.77. The molecule has 0 heterocycles. The highest BCUT2D eigenvalue weighted by molar-refractivity contribution is 5.28. The molecule has 1 fully saturated rings. The first-order valence-electron chi connectivity index (χ1n) is 6.38. The van der Waals surface area contributed by atoms with Gasteiger partial charge in [-0.25, -0.2) is 0 Å². The van der Waals surface area contributed by atoms with Crippen LogP contribution in [-0.2, 0) is 11.3 Å². The van der Waals surface area contributed by atoms with Crippen molar-refractivity contribution in [3.63, 3.8) is 0 Å². The first-order valence-corrected chi connectivity index (χ1v) is 6.38. The molecular weight excluding hydrogens is 226 g/mol. The van der Waals surface area contributed by atoms with Crippen molar-refractivity contribution in [1.29, 1.82) is 0 Å². The molecule has 0 atom stereocenters. The normalized spacial score (nSPS) is 14.5. The van der Waals surface area contributed by atoms with Crippen LogP contribution in [0.25, 0.3) is 0 Å². The van der Waals surface area contributed by atoms with Gasteiger partial charge in [0.1, 0.15) is 12.4 Å². The lowest BCUT2D eigenvalue weighted by Gasteiger charge is -2.10. The Morgan fingerprint density at radius 1 is 1.44 bits per heavy atom. The average Bonchev–Trinajstić information content (AvgIpc) is 3.19. The Bertz CT molecular complexity index is 399. The standard InChI is InChI=1S/C15H21NO2/c1-12(9-16-14-6-7-14)10-18-15-5-3-4-13(8-15)11-17-2/h3-5,8,14,16H,1,6-7,9-11H2,2H3. The maximum atomic E-state index is 5.71. The van der Waals surface area contributed by atoms with Crippen molar-refractivity contribution in [1.82, 2.24) is 5.32 Å². The maximum Gasteiger partial charge on any atom is 0.120 e. The molecule has 0 unspecified atom stereocenters. The Balaban J connectivity index is 1.73. The zero-order valence-corrected chi connectivity index (χ0v) is 10.9. The van der Waals surface area contributed by atoms with Crippen molar-refractivity contribution in [2.75, 3.05) is 20.3 Å². The van der Waals surface area contributed by atoms with Crippen LogP contribution < -0.4 is 10.1 Å². The molecule has 0 radical (unpaired) electrons. The SMILES string of the molecule is C=C(CNC1CC1)COc1cccc(COC)c1. The van der Waals surface area contributed by atoms with E-state index in [-0.39, 0.29) is 0 Å². The number of ether oxygens (including phenoxy) is 2. The van der Waals surface area contributed by atoms with Gasteiger partial charge in [0.05, 0.1) is 6.61 Å². The summed E-state index contributed by atoms with van der Waals surface area (Å²) in [5, 5.41) is 3.42. The van der Waals surface area contributed by atoms with E-state index in [9.17, 15) is 0 Å². The van der Waals surface area contributed by atoms with Crippen molar-refractivity contribution >= 4 is 0 Å². The molecule has 3 nitrogen and oxygen atoms in total. The van der Waals surface area contributed by atoms with E-state index in [1.54, 1.807) is 7.11 Å². The monoisotopic (exact) mass is 247 g/mol. The number of hydrogen-bond donors (Lipinski definition) is 1. The summed E-state index contributed by atoms with van der Waals surface area (Å²) >= 11 is 0. The van der Waals surface area contributed by atoms with Crippen molar-refractivity contribution < 1.29 is 9.47 Å². The fourth-order valence-electron chi connectivity index (χ4n) is 1.70. The van der Waals surface area contributed by atoms with Crippen LogP contribution in [0, 0.1) is 0 Å². The summed E-state index contributed by atoms with van der Waals surface area (Å²) in [6.45, 7) is 6.04. The summed E-state index contributed by atoms with van der Waals surface area (Å²) in [6.07, 6.45) is 2.60. The van der Waals surface area contributed by atoms with E-state index in [4.69, 9.17) is 9.47 Å². The zero-order chi connectivity index (χ0) is 12.8. The summed E-state index contributed by atoms with van der Waals surface area (Å²) in [5.41, 5.74) is 2.20. The van der Waals surface area contributed by atoms with Gasteiger partial charge in [-0.05, 0) is 36.1 Å². The van der Waals surface area contributed by atoms with Gasteiger partial charge >= 0.3 is 0 Å². The predicted octanol–water partition coefficient (Wildman–Crippen LogP) is 2.52. The molecule has 0 aromatic heterocycles. The van der Waals surface area contributed by atoms with Crippen LogP contribution in [0.3, 0.4) is 0 Å². The van der Waals surface area contributed by atoms with Crippen molar-refractivity contribution in [2.24, 2.45) is 0 Å². The fourth-order valence-corrected chi connectivity index (χ4v) is 1.70. The van der Waals surface area contributed by atoms with Crippen LogP contribution in [0.2, 0.25) is 0 Å². The molecule has 1 N–H and O–H groups in total. The fraction of sp³-hybridized carbons (Fsp3) is 0.467. The van der Waals surface area contributed by atoms with Gasteiger partial charge < -0.3 is 14.8 Å². The first-order chi connectivity index (χ1) is 8.78. The second kappa shape index (κ2) is 6.57. The van der Waals surface area contributed by atoms with E-state index in [0.29, 0.717) is 19.3 Å². The van der Waals surface area contributed by atoms with Gasteiger partial charge in [-0.3, -0.25) is 0 Å². The Kier molecular flexibility index (Phi) is 4.79. The van der Waals surface area contributed by atoms with E-state index in [2.05, 4.69) is 11.9 Å². The van der Waals surface area contributed by atoms with Crippen LogP contribution in [0.1, 0.15) is 18.4 Å². The average molecular weight is 247 g/mol. The molecule has 1 saturated carbocycles. The first kappa shape index (κ1) is 13.1. The van der Waals surface area contributed by atoms with Crippen LogP contribution in [0.4, 0.5) is 0 Å². The minimum atomic E-state index is 0.566. The van der Waals surface area contributed by atoms with Gasteiger partial charge in [-0.15, -0.1) is 0 Å². The van der Waals surface area contributed by atoms with Crippen LogP contribution in [0.5, 0.6) is 5.75 Å². The molecule has 0 amide bonds. The van der Waals surface area contributed by atoms with E-state index in [1.807, 2.05) is 24.3 Å². The lowest BCUT2D eigenvalue weighted by atomic mass is 10.2. The Labute approximate surface area is 109 Å². The third-order valence-corrected chi connectivity index (χ3v) is 2.87.